The van der Waals surface area contributed by atoms with Gasteiger partial charge in [0.1, 0.15) is 12.0 Å². The van der Waals surface area contributed by atoms with Crippen LogP contribution in [0.4, 0.5) is 11.5 Å². The number of likely N-dealkylation sites (N-methyl/N-ethyl adjacent to an activating group) is 1. The fraction of sp³-hybridized carbons (Fsp3) is 0.667. The zero-order chi connectivity index (χ0) is 13.1. The number of methoxy groups -OCH3 is 1. The minimum absolute atomic E-state index is 0.413. The number of nitrogen functional groups attached to an aromatic ring is 1. The van der Waals surface area contributed by atoms with Crippen molar-refractivity contribution < 1.29 is 4.74 Å². The van der Waals surface area contributed by atoms with Crippen LogP contribution < -0.4 is 15.8 Å². The molecule has 0 saturated heterocycles. The highest BCUT2D eigenvalue weighted by atomic mass is 16.5. The first-order valence-corrected chi connectivity index (χ1v) is 6.23. The maximum absolute atomic E-state index is 5.90. The van der Waals surface area contributed by atoms with Gasteiger partial charge in [-0.2, -0.15) is 4.98 Å². The van der Waals surface area contributed by atoms with E-state index < -0.39 is 0 Å². The van der Waals surface area contributed by atoms with Crippen molar-refractivity contribution >= 4 is 11.5 Å². The first kappa shape index (κ1) is 12.9. The number of anilines is 2. The van der Waals surface area contributed by atoms with Crippen LogP contribution in [0.3, 0.4) is 0 Å². The normalized spacial score (nSPS) is 16.7. The molecule has 1 aromatic heterocycles. The van der Waals surface area contributed by atoms with Gasteiger partial charge in [0.25, 0.3) is 0 Å². The topological polar surface area (TPSA) is 76.3 Å². The third kappa shape index (κ3) is 2.81. The highest BCUT2D eigenvalue weighted by Crippen LogP contribution is 2.27. The maximum atomic E-state index is 5.90. The molecule has 1 fully saturated rings. The molecule has 1 aromatic rings. The number of nitrogens with one attached hydrogen (secondary N) is 1. The van der Waals surface area contributed by atoms with Crippen LogP contribution in [-0.4, -0.2) is 47.7 Å². The molecule has 6 heteroatoms. The first-order chi connectivity index (χ1) is 8.63. The number of rotatable bonds is 6. The fourth-order valence-corrected chi connectivity index (χ4v) is 1.91. The smallest absolute Gasteiger partial charge is 0.242 e. The second-order valence-corrected chi connectivity index (χ2v) is 4.77. The van der Waals surface area contributed by atoms with Gasteiger partial charge < -0.3 is 15.8 Å². The standard InChI is InChI=1S/C12H21N5O/c1-8(17(2)9-4-5-9)6-14-11-10(13)12(18-3)16-7-15-11/h7-9H,4-6,13H2,1-3H3,(H,14,15,16). The molecule has 3 N–H and O–H groups in total. The summed E-state index contributed by atoms with van der Waals surface area (Å²) in [4.78, 5) is 10.5. The van der Waals surface area contributed by atoms with Crippen LogP contribution in [0.5, 0.6) is 5.88 Å². The van der Waals surface area contributed by atoms with Crippen LogP contribution in [0.2, 0.25) is 0 Å². The SMILES string of the molecule is COc1ncnc(NCC(C)N(C)C2CC2)c1N. The summed E-state index contributed by atoms with van der Waals surface area (Å²) in [7, 11) is 3.71. The molecule has 6 nitrogen and oxygen atoms in total. The third-order valence-corrected chi connectivity index (χ3v) is 3.42. The van der Waals surface area contributed by atoms with Crippen molar-refractivity contribution in [3.05, 3.63) is 6.33 Å². The third-order valence-electron chi connectivity index (χ3n) is 3.42. The molecule has 1 atom stereocenters. The van der Waals surface area contributed by atoms with Gasteiger partial charge in [0, 0.05) is 18.6 Å². The van der Waals surface area contributed by atoms with Gasteiger partial charge in [-0.3, -0.25) is 4.90 Å². The lowest BCUT2D eigenvalue weighted by atomic mass is 10.3. The molecule has 18 heavy (non-hydrogen) atoms. The summed E-state index contributed by atoms with van der Waals surface area (Å²) in [5, 5.41) is 3.25. The van der Waals surface area contributed by atoms with Crippen LogP contribution in [0, 0.1) is 0 Å². The van der Waals surface area contributed by atoms with Gasteiger partial charge in [-0.15, -0.1) is 0 Å². The summed E-state index contributed by atoms with van der Waals surface area (Å²) in [6, 6.07) is 1.19. The van der Waals surface area contributed by atoms with Gasteiger partial charge in [-0.1, -0.05) is 0 Å². The minimum Gasteiger partial charge on any atom is -0.479 e. The highest BCUT2D eigenvalue weighted by molar-refractivity contribution is 5.66. The Kier molecular flexibility index (Phi) is 3.86. The summed E-state index contributed by atoms with van der Waals surface area (Å²) >= 11 is 0. The van der Waals surface area contributed by atoms with E-state index in [1.165, 1.54) is 19.2 Å². The van der Waals surface area contributed by atoms with E-state index in [-0.39, 0.29) is 0 Å². The Morgan fingerprint density at radius 2 is 2.28 bits per heavy atom. The van der Waals surface area contributed by atoms with E-state index >= 15 is 0 Å². The molecule has 100 valence electrons. The molecular formula is C12H21N5O. The van der Waals surface area contributed by atoms with E-state index in [1.54, 1.807) is 7.11 Å². The highest BCUT2D eigenvalue weighted by Gasteiger charge is 2.29. The van der Waals surface area contributed by atoms with Crippen molar-refractivity contribution in [2.45, 2.75) is 31.8 Å². The Morgan fingerprint density at radius 1 is 1.56 bits per heavy atom. The zero-order valence-corrected chi connectivity index (χ0v) is 11.2. The van der Waals surface area contributed by atoms with Crippen molar-refractivity contribution in [2.24, 2.45) is 0 Å². The lowest BCUT2D eigenvalue weighted by Crippen LogP contribution is -2.36. The fourth-order valence-electron chi connectivity index (χ4n) is 1.91. The predicted octanol–water partition coefficient (Wildman–Crippen LogP) is 0.962. The quantitative estimate of drug-likeness (QED) is 0.784. The number of hydrogen-bond donors (Lipinski definition) is 2. The maximum Gasteiger partial charge on any atom is 0.242 e. The molecule has 0 radical (unpaired) electrons. The molecule has 0 aromatic carbocycles. The van der Waals surface area contributed by atoms with E-state index in [0.717, 1.165) is 12.6 Å². The van der Waals surface area contributed by atoms with E-state index in [4.69, 9.17) is 10.5 Å². The van der Waals surface area contributed by atoms with Crippen LogP contribution in [0.1, 0.15) is 19.8 Å². The summed E-state index contributed by atoms with van der Waals surface area (Å²) in [6.07, 6.45) is 4.07. The van der Waals surface area contributed by atoms with Crippen LogP contribution in [0.15, 0.2) is 6.33 Å². The van der Waals surface area contributed by atoms with Crippen molar-refractivity contribution in [3.63, 3.8) is 0 Å². The molecule has 0 spiro atoms. The first-order valence-electron chi connectivity index (χ1n) is 6.23. The Morgan fingerprint density at radius 3 is 2.89 bits per heavy atom. The lowest BCUT2D eigenvalue weighted by Gasteiger charge is -2.25. The minimum atomic E-state index is 0.413. The summed E-state index contributed by atoms with van der Waals surface area (Å²) < 4.78 is 5.06. The van der Waals surface area contributed by atoms with Crippen LogP contribution >= 0.6 is 0 Å². The largest absolute Gasteiger partial charge is 0.479 e. The lowest BCUT2D eigenvalue weighted by molar-refractivity contribution is 0.257. The van der Waals surface area contributed by atoms with Crippen molar-refractivity contribution in [2.75, 3.05) is 31.8 Å². The monoisotopic (exact) mass is 251 g/mol. The van der Waals surface area contributed by atoms with Gasteiger partial charge >= 0.3 is 0 Å². The number of hydrogen-bond acceptors (Lipinski definition) is 6. The Balaban J connectivity index is 1.93. The van der Waals surface area contributed by atoms with Crippen LogP contribution in [0.25, 0.3) is 0 Å². The second kappa shape index (κ2) is 5.39. The van der Waals surface area contributed by atoms with Gasteiger partial charge in [-0.25, -0.2) is 4.98 Å². The van der Waals surface area contributed by atoms with E-state index in [0.29, 0.717) is 23.4 Å². The molecule has 0 aliphatic heterocycles. The Hall–Kier alpha value is -1.56. The summed E-state index contributed by atoms with van der Waals surface area (Å²) in [5.74, 6) is 1.05. The van der Waals surface area contributed by atoms with E-state index in [1.807, 2.05) is 0 Å². The van der Waals surface area contributed by atoms with Gasteiger partial charge in [0.2, 0.25) is 5.88 Å². The van der Waals surface area contributed by atoms with E-state index in [2.05, 4.69) is 34.2 Å². The molecule has 0 amide bonds. The molecule has 1 unspecified atom stereocenters. The molecule has 2 rings (SSSR count). The molecule has 1 aliphatic rings. The Labute approximate surface area is 108 Å². The van der Waals surface area contributed by atoms with Gasteiger partial charge in [0.15, 0.2) is 5.82 Å². The molecular weight excluding hydrogens is 230 g/mol. The van der Waals surface area contributed by atoms with Gasteiger partial charge in [-0.05, 0) is 26.8 Å². The van der Waals surface area contributed by atoms with Crippen molar-refractivity contribution in [1.29, 1.82) is 0 Å². The molecule has 1 heterocycles. The predicted molar refractivity (Wildman–Crippen MR) is 71.7 cm³/mol. The second-order valence-electron chi connectivity index (χ2n) is 4.77. The summed E-state index contributed by atoms with van der Waals surface area (Å²) in [6.45, 7) is 3.00. The Bertz CT molecular complexity index is 407. The zero-order valence-electron chi connectivity index (χ0n) is 11.2. The van der Waals surface area contributed by atoms with E-state index in [9.17, 15) is 0 Å². The number of nitrogens with zero attached hydrogens (tertiary/aromatic N) is 3. The van der Waals surface area contributed by atoms with Crippen molar-refractivity contribution in [1.82, 2.24) is 14.9 Å². The number of aromatic nitrogens is 2. The number of nitrogens with two attached hydrogens (primary N) is 1. The molecule has 1 saturated carbocycles. The number of ether oxygens (including phenoxy) is 1. The molecule has 0 bridgehead atoms. The summed E-state index contributed by atoms with van der Waals surface area (Å²) in [5.41, 5.74) is 6.36. The molecule has 1 aliphatic carbocycles. The van der Waals surface area contributed by atoms with Crippen LogP contribution in [-0.2, 0) is 0 Å². The van der Waals surface area contributed by atoms with Gasteiger partial charge in [0.05, 0.1) is 7.11 Å². The average Bonchev–Trinajstić information content (AvgIpc) is 3.20. The van der Waals surface area contributed by atoms with Crippen molar-refractivity contribution in [3.8, 4) is 5.88 Å². The average molecular weight is 251 g/mol.